The van der Waals surface area contributed by atoms with Gasteiger partial charge in [-0.05, 0) is 29.4 Å². The van der Waals surface area contributed by atoms with Gasteiger partial charge in [0.2, 0.25) is 0 Å². The van der Waals surface area contributed by atoms with Crippen LogP contribution in [0, 0.1) is 0 Å². The first-order chi connectivity index (χ1) is 5.33. The minimum Gasteiger partial charge on any atom is -0.329 e. The van der Waals surface area contributed by atoms with E-state index in [0.717, 1.165) is 19.6 Å². The van der Waals surface area contributed by atoms with Crippen LogP contribution in [0.25, 0.3) is 0 Å². The first-order valence-electron chi connectivity index (χ1n) is 3.72. The van der Waals surface area contributed by atoms with Crippen molar-refractivity contribution in [2.24, 2.45) is 5.73 Å². The summed E-state index contributed by atoms with van der Waals surface area (Å²) in [5.74, 6) is 0. The maximum absolute atomic E-state index is 5.42. The van der Waals surface area contributed by atoms with Gasteiger partial charge in [0.1, 0.15) is 0 Å². The average Bonchev–Trinajstić information content (AvgIpc) is 2.40. The number of hydrogen-bond acceptors (Lipinski definition) is 3. The van der Waals surface area contributed by atoms with Gasteiger partial charge in [-0.3, -0.25) is 0 Å². The van der Waals surface area contributed by atoms with Crippen LogP contribution in [-0.4, -0.2) is 25.0 Å². The van der Waals surface area contributed by atoms with Crippen molar-refractivity contribution in [1.29, 1.82) is 0 Å². The predicted molar refractivity (Wildman–Crippen MR) is 49.7 cm³/mol. The molecule has 0 unspecified atom stereocenters. The quantitative estimate of drug-likeness (QED) is 0.734. The molecule has 62 valence electrons. The van der Waals surface area contributed by atoms with Crippen LogP contribution in [0.2, 0.25) is 0 Å². The van der Waals surface area contributed by atoms with Crippen LogP contribution >= 0.6 is 11.3 Å². The van der Waals surface area contributed by atoms with Crippen LogP contribution in [0.3, 0.4) is 0 Å². The largest absolute Gasteiger partial charge is 0.329 e. The molecule has 1 aromatic rings. The fourth-order valence-electron chi connectivity index (χ4n) is 0.994. The molecule has 1 aromatic heterocycles. The molecule has 11 heavy (non-hydrogen) atoms. The SMILES string of the molecule is CN(CCN)Cc1ccsc1. The van der Waals surface area contributed by atoms with E-state index in [1.807, 2.05) is 0 Å². The highest BCUT2D eigenvalue weighted by Gasteiger charge is 1.97. The summed E-state index contributed by atoms with van der Waals surface area (Å²) in [5, 5.41) is 4.28. The number of rotatable bonds is 4. The van der Waals surface area contributed by atoms with Gasteiger partial charge in [-0.1, -0.05) is 0 Å². The topological polar surface area (TPSA) is 29.3 Å². The summed E-state index contributed by atoms with van der Waals surface area (Å²) in [6, 6.07) is 2.15. The van der Waals surface area contributed by atoms with Crippen molar-refractivity contribution >= 4 is 11.3 Å². The standard InChI is InChI=1S/C8H14N2S/c1-10(4-3-9)6-8-2-5-11-7-8/h2,5,7H,3-4,6,9H2,1H3. The van der Waals surface area contributed by atoms with Gasteiger partial charge in [0.25, 0.3) is 0 Å². The zero-order chi connectivity index (χ0) is 8.10. The van der Waals surface area contributed by atoms with E-state index < -0.39 is 0 Å². The first kappa shape index (κ1) is 8.71. The van der Waals surface area contributed by atoms with Crippen LogP contribution in [0.15, 0.2) is 16.8 Å². The molecule has 2 nitrogen and oxygen atoms in total. The van der Waals surface area contributed by atoms with Crippen LogP contribution in [0.1, 0.15) is 5.56 Å². The molecule has 3 heteroatoms. The lowest BCUT2D eigenvalue weighted by atomic mass is 10.3. The lowest BCUT2D eigenvalue weighted by molar-refractivity contribution is 0.337. The van der Waals surface area contributed by atoms with Crippen molar-refractivity contribution in [2.75, 3.05) is 20.1 Å². The lowest BCUT2D eigenvalue weighted by Crippen LogP contribution is -2.24. The van der Waals surface area contributed by atoms with Crippen LogP contribution in [0.4, 0.5) is 0 Å². The Balaban J connectivity index is 2.31. The molecular weight excluding hydrogens is 156 g/mol. The van der Waals surface area contributed by atoms with E-state index in [9.17, 15) is 0 Å². The molecule has 0 spiro atoms. The summed E-state index contributed by atoms with van der Waals surface area (Å²) >= 11 is 1.74. The van der Waals surface area contributed by atoms with Gasteiger partial charge in [-0.25, -0.2) is 0 Å². The van der Waals surface area contributed by atoms with Gasteiger partial charge in [0.05, 0.1) is 0 Å². The molecule has 0 aliphatic carbocycles. The molecule has 0 aliphatic heterocycles. The minimum absolute atomic E-state index is 0.737. The van der Waals surface area contributed by atoms with Gasteiger partial charge >= 0.3 is 0 Å². The van der Waals surface area contributed by atoms with Crippen molar-refractivity contribution in [3.05, 3.63) is 22.4 Å². The number of likely N-dealkylation sites (N-methyl/N-ethyl adjacent to an activating group) is 1. The molecule has 1 rings (SSSR count). The maximum Gasteiger partial charge on any atom is 0.0239 e. The Hall–Kier alpha value is -0.380. The van der Waals surface area contributed by atoms with Crippen LogP contribution in [-0.2, 0) is 6.54 Å². The van der Waals surface area contributed by atoms with E-state index >= 15 is 0 Å². The Labute approximate surface area is 71.6 Å². The van der Waals surface area contributed by atoms with Gasteiger partial charge in [-0.2, -0.15) is 11.3 Å². The zero-order valence-electron chi connectivity index (χ0n) is 6.79. The van der Waals surface area contributed by atoms with Crippen molar-refractivity contribution in [2.45, 2.75) is 6.54 Å². The number of hydrogen-bond donors (Lipinski definition) is 1. The molecule has 0 atom stereocenters. The Morgan fingerprint density at radius 3 is 3.00 bits per heavy atom. The normalized spacial score (nSPS) is 10.8. The van der Waals surface area contributed by atoms with Gasteiger partial charge in [0, 0.05) is 19.6 Å². The molecule has 0 bridgehead atoms. The molecule has 0 fully saturated rings. The van der Waals surface area contributed by atoms with Crippen molar-refractivity contribution in [3.8, 4) is 0 Å². The molecule has 0 saturated heterocycles. The van der Waals surface area contributed by atoms with Gasteiger partial charge < -0.3 is 10.6 Å². The Morgan fingerprint density at radius 1 is 1.64 bits per heavy atom. The fraction of sp³-hybridized carbons (Fsp3) is 0.500. The summed E-state index contributed by atoms with van der Waals surface area (Å²) < 4.78 is 0. The highest BCUT2D eigenvalue weighted by atomic mass is 32.1. The first-order valence-corrected chi connectivity index (χ1v) is 4.67. The summed E-state index contributed by atoms with van der Waals surface area (Å²) in [5.41, 5.74) is 6.80. The second kappa shape index (κ2) is 4.49. The summed E-state index contributed by atoms with van der Waals surface area (Å²) in [6.45, 7) is 2.72. The molecular formula is C8H14N2S. The Morgan fingerprint density at radius 2 is 2.45 bits per heavy atom. The third-order valence-electron chi connectivity index (χ3n) is 1.54. The second-order valence-electron chi connectivity index (χ2n) is 2.66. The minimum atomic E-state index is 0.737. The highest BCUT2D eigenvalue weighted by molar-refractivity contribution is 7.07. The monoisotopic (exact) mass is 170 g/mol. The van der Waals surface area contributed by atoms with Crippen molar-refractivity contribution in [3.63, 3.8) is 0 Å². The smallest absolute Gasteiger partial charge is 0.0239 e. The fourth-order valence-corrected chi connectivity index (χ4v) is 1.65. The maximum atomic E-state index is 5.42. The summed E-state index contributed by atoms with van der Waals surface area (Å²) in [6.07, 6.45) is 0. The van der Waals surface area contributed by atoms with E-state index in [0.29, 0.717) is 0 Å². The summed E-state index contributed by atoms with van der Waals surface area (Å²) in [7, 11) is 2.09. The molecule has 0 amide bonds. The van der Waals surface area contributed by atoms with Crippen molar-refractivity contribution < 1.29 is 0 Å². The van der Waals surface area contributed by atoms with E-state index in [4.69, 9.17) is 5.73 Å². The predicted octanol–water partition coefficient (Wildman–Crippen LogP) is 1.14. The number of thiophene rings is 1. The van der Waals surface area contributed by atoms with Crippen molar-refractivity contribution in [1.82, 2.24) is 4.90 Å². The molecule has 2 N–H and O–H groups in total. The number of nitrogens with zero attached hydrogens (tertiary/aromatic N) is 1. The van der Waals surface area contributed by atoms with E-state index in [1.165, 1.54) is 5.56 Å². The van der Waals surface area contributed by atoms with Gasteiger partial charge in [0.15, 0.2) is 0 Å². The third kappa shape index (κ3) is 3.01. The van der Waals surface area contributed by atoms with Crippen LogP contribution < -0.4 is 5.73 Å². The summed E-state index contributed by atoms with van der Waals surface area (Å²) in [4.78, 5) is 2.22. The van der Waals surface area contributed by atoms with E-state index in [1.54, 1.807) is 11.3 Å². The van der Waals surface area contributed by atoms with Gasteiger partial charge in [-0.15, -0.1) is 0 Å². The second-order valence-corrected chi connectivity index (χ2v) is 3.44. The molecule has 0 aromatic carbocycles. The molecule has 0 radical (unpaired) electrons. The highest BCUT2D eigenvalue weighted by Crippen LogP contribution is 2.07. The number of nitrogens with two attached hydrogens (primary N) is 1. The van der Waals surface area contributed by atoms with E-state index in [-0.39, 0.29) is 0 Å². The average molecular weight is 170 g/mol. The Kier molecular flexibility index (Phi) is 3.56. The lowest BCUT2D eigenvalue weighted by Gasteiger charge is -2.13. The molecule has 0 aliphatic rings. The zero-order valence-corrected chi connectivity index (χ0v) is 7.60. The third-order valence-corrected chi connectivity index (χ3v) is 2.28. The Bertz CT molecular complexity index is 184. The van der Waals surface area contributed by atoms with Crippen LogP contribution in [0.5, 0.6) is 0 Å². The van der Waals surface area contributed by atoms with E-state index in [2.05, 4.69) is 28.8 Å². The molecule has 0 saturated carbocycles. The molecule has 1 heterocycles.